The molecule has 0 aromatic heterocycles. The Balaban J connectivity index is 1.84. The molecule has 4 heterocycles. The highest BCUT2D eigenvalue weighted by atomic mass is 32.2. The molecule has 0 aromatic carbocycles. The largest absolute Gasteiger partial charge is 0.465 e. The van der Waals surface area contributed by atoms with E-state index in [1.165, 1.54) is 16.7 Å². The topological polar surface area (TPSA) is 87.2 Å². The van der Waals surface area contributed by atoms with E-state index in [1.54, 1.807) is 0 Å². The molecule has 0 aromatic rings. The molecule has 1 N–H and O–H groups in total. The molecule has 188 valence electrons. The number of carbonyl (C=O) groups excluding carboxylic acids is 3. The Labute approximate surface area is 206 Å². The number of rotatable bonds is 4. The van der Waals surface area contributed by atoms with Gasteiger partial charge in [-0.1, -0.05) is 45.1 Å². The lowest BCUT2D eigenvalue weighted by atomic mass is 9.74. The average Bonchev–Trinajstić information content (AvgIpc) is 2.99. The second kappa shape index (κ2) is 8.40. The second-order valence-electron chi connectivity index (χ2n) is 12.0. The molecule has 4 rings (SSSR count). The average molecular weight is 491 g/mol. The van der Waals surface area contributed by atoms with E-state index in [2.05, 4.69) is 34.6 Å². The summed E-state index contributed by atoms with van der Waals surface area (Å²) in [5, 5.41) is 9.80. The first-order valence-electron chi connectivity index (χ1n) is 12.2. The van der Waals surface area contributed by atoms with E-state index in [4.69, 9.17) is 4.74 Å². The van der Waals surface area contributed by atoms with Crippen molar-refractivity contribution in [3.05, 3.63) is 24.3 Å². The molecule has 1 unspecified atom stereocenters. The minimum atomic E-state index is -0.900. The highest BCUT2D eigenvalue weighted by molar-refractivity contribution is 8.02. The van der Waals surface area contributed by atoms with Gasteiger partial charge in [-0.25, -0.2) is 0 Å². The first kappa shape index (κ1) is 25.3. The van der Waals surface area contributed by atoms with Crippen LogP contribution in [0.3, 0.4) is 0 Å². The number of fused-ring (bicyclic) bond motifs is 2. The van der Waals surface area contributed by atoms with E-state index in [1.807, 2.05) is 36.1 Å². The fraction of sp³-hybridized carbons (Fsp3) is 0.731. The summed E-state index contributed by atoms with van der Waals surface area (Å²) < 4.78 is 3.97. The summed E-state index contributed by atoms with van der Waals surface area (Å²) in [6.45, 7) is 13.1. The third-order valence-electron chi connectivity index (χ3n) is 7.55. The third kappa shape index (κ3) is 3.91. The number of aliphatic hydroxyl groups excluding tert-OH is 1. The minimum absolute atomic E-state index is 0.00584. The lowest BCUT2D eigenvalue weighted by Gasteiger charge is -2.44. The molecule has 2 amide bonds. The number of thioether (sulfide) groups is 1. The second-order valence-corrected chi connectivity index (χ2v) is 13.8. The Morgan fingerprint density at radius 2 is 1.79 bits per heavy atom. The standard InChI is InChI=1S/C26H38N2O5S/c1-23(2,3)16-24(4,5)28-12-9-11-26-17(20(30)27(13-14-29)19(26)21(28)31)18-22(32)33-15-8-7-10-25(18,6)34-26/h7,9-11,17-19,29H,8,12-16H2,1-6H3/t17-,18+,19?,25-,26-/m0/s1. The molecule has 0 aliphatic carbocycles. The van der Waals surface area contributed by atoms with Crippen molar-refractivity contribution in [2.45, 2.75) is 75.5 Å². The molecule has 0 bridgehead atoms. The molecule has 1 spiro atoms. The molecule has 7 nitrogen and oxygen atoms in total. The molecule has 2 fully saturated rings. The Morgan fingerprint density at radius 3 is 2.44 bits per heavy atom. The van der Waals surface area contributed by atoms with Crippen LogP contribution in [-0.2, 0) is 19.1 Å². The molecule has 0 radical (unpaired) electrons. The van der Waals surface area contributed by atoms with Gasteiger partial charge in [0.1, 0.15) is 6.04 Å². The Morgan fingerprint density at radius 1 is 1.09 bits per heavy atom. The molecular formula is C26H38N2O5S. The van der Waals surface area contributed by atoms with Gasteiger partial charge < -0.3 is 19.6 Å². The Kier molecular flexibility index (Phi) is 6.25. The zero-order valence-electron chi connectivity index (χ0n) is 21.2. The van der Waals surface area contributed by atoms with Crippen LogP contribution in [0.1, 0.15) is 54.4 Å². The fourth-order valence-corrected chi connectivity index (χ4v) is 8.93. The first-order valence-corrected chi connectivity index (χ1v) is 13.0. The molecule has 4 aliphatic heterocycles. The number of amides is 2. The maximum absolute atomic E-state index is 14.3. The minimum Gasteiger partial charge on any atom is -0.465 e. The van der Waals surface area contributed by atoms with Crippen molar-refractivity contribution in [3.63, 3.8) is 0 Å². The van der Waals surface area contributed by atoms with Crippen LogP contribution in [0.5, 0.6) is 0 Å². The van der Waals surface area contributed by atoms with Crippen molar-refractivity contribution in [1.82, 2.24) is 9.80 Å². The number of aliphatic hydroxyl groups is 1. The number of esters is 1. The zero-order chi connectivity index (χ0) is 25.1. The highest BCUT2D eigenvalue weighted by Crippen LogP contribution is 2.65. The van der Waals surface area contributed by atoms with Crippen LogP contribution in [0.4, 0.5) is 0 Å². The van der Waals surface area contributed by atoms with E-state index in [0.29, 0.717) is 13.0 Å². The van der Waals surface area contributed by atoms with E-state index >= 15 is 0 Å². The quantitative estimate of drug-likeness (QED) is 0.482. The van der Waals surface area contributed by atoms with Crippen molar-refractivity contribution >= 4 is 29.5 Å². The van der Waals surface area contributed by atoms with Crippen molar-refractivity contribution in [1.29, 1.82) is 0 Å². The van der Waals surface area contributed by atoms with Gasteiger partial charge in [-0.15, -0.1) is 11.8 Å². The molecule has 8 heteroatoms. The number of likely N-dealkylation sites (tertiary alicyclic amines) is 1. The summed E-state index contributed by atoms with van der Waals surface area (Å²) in [7, 11) is 0. The third-order valence-corrected chi connectivity index (χ3v) is 9.35. The van der Waals surface area contributed by atoms with Gasteiger partial charge in [0.25, 0.3) is 0 Å². The Bertz CT molecular complexity index is 938. The monoisotopic (exact) mass is 490 g/mol. The van der Waals surface area contributed by atoms with Crippen LogP contribution in [0, 0.1) is 17.3 Å². The summed E-state index contributed by atoms with van der Waals surface area (Å²) in [4.78, 5) is 44.8. The first-order chi connectivity index (χ1) is 15.8. The van der Waals surface area contributed by atoms with Crippen molar-refractivity contribution in [2.24, 2.45) is 17.3 Å². The fourth-order valence-electron chi connectivity index (χ4n) is 6.77. The van der Waals surface area contributed by atoms with Gasteiger partial charge >= 0.3 is 5.97 Å². The van der Waals surface area contributed by atoms with Crippen LogP contribution in [-0.4, -0.2) is 80.1 Å². The van der Waals surface area contributed by atoms with E-state index in [-0.39, 0.29) is 43.0 Å². The van der Waals surface area contributed by atoms with Gasteiger partial charge in [-0.2, -0.15) is 0 Å². The van der Waals surface area contributed by atoms with E-state index in [0.717, 1.165) is 6.42 Å². The van der Waals surface area contributed by atoms with Crippen LogP contribution in [0.15, 0.2) is 24.3 Å². The number of β-amino-alcohol motifs (C(OH)–C–C–N with tert-alkyl or cyclic N) is 1. The van der Waals surface area contributed by atoms with Crippen molar-refractivity contribution in [3.8, 4) is 0 Å². The van der Waals surface area contributed by atoms with E-state index in [9.17, 15) is 19.5 Å². The van der Waals surface area contributed by atoms with E-state index < -0.39 is 32.9 Å². The van der Waals surface area contributed by atoms with Gasteiger partial charge in [0.15, 0.2) is 0 Å². The SMILES string of the molecule is CC(C)(C)CC(C)(C)N1CC=C[C@]23S[C@@]4(C)C=CCCOC(=O)[C@H]4[C@H]2C(=O)N(CCO)C3C1=O. The number of nitrogens with zero attached hydrogens (tertiary/aromatic N) is 2. The van der Waals surface area contributed by atoms with Gasteiger partial charge in [0, 0.05) is 23.4 Å². The predicted octanol–water partition coefficient (Wildman–Crippen LogP) is 2.78. The van der Waals surface area contributed by atoms with Crippen LogP contribution < -0.4 is 0 Å². The van der Waals surface area contributed by atoms with Crippen LogP contribution in [0.2, 0.25) is 0 Å². The van der Waals surface area contributed by atoms with Gasteiger partial charge in [-0.05, 0) is 39.0 Å². The normalized spacial score (nSPS) is 36.0. The number of hydrogen-bond donors (Lipinski definition) is 1. The summed E-state index contributed by atoms with van der Waals surface area (Å²) in [5.41, 5.74) is -0.434. The highest BCUT2D eigenvalue weighted by Gasteiger charge is 2.74. The lowest BCUT2D eigenvalue weighted by Crippen LogP contribution is -2.59. The van der Waals surface area contributed by atoms with Crippen LogP contribution in [0.25, 0.3) is 0 Å². The van der Waals surface area contributed by atoms with Gasteiger partial charge in [-0.3, -0.25) is 14.4 Å². The molecule has 34 heavy (non-hydrogen) atoms. The number of ether oxygens (including phenoxy) is 1. The summed E-state index contributed by atoms with van der Waals surface area (Å²) in [6, 6.07) is -0.786. The molecule has 4 aliphatic rings. The van der Waals surface area contributed by atoms with Crippen molar-refractivity contribution < 1.29 is 24.2 Å². The predicted molar refractivity (Wildman–Crippen MR) is 132 cm³/mol. The summed E-state index contributed by atoms with van der Waals surface area (Å²) in [5.74, 6) is -2.17. The molecule has 0 saturated carbocycles. The number of cyclic esters (lactones) is 1. The maximum Gasteiger partial charge on any atom is 0.311 e. The smallest absolute Gasteiger partial charge is 0.311 e. The summed E-state index contributed by atoms with van der Waals surface area (Å²) in [6.07, 6.45) is 9.46. The Hall–Kier alpha value is -1.80. The molecular weight excluding hydrogens is 452 g/mol. The molecule has 5 atom stereocenters. The van der Waals surface area contributed by atoms with Crippen molar-refractivity contribution in [2.75, 3.05) is 26.3 Å². The van der Waals surface area contributed by atoms with Crippen LogP contribution >= 0.6 is 11.8 Å². The zero-order valence-corrected chi connectivity index (χ0v) is 22.0. The van der Waals surface area contributed by atoms with Gasteiger partial charge in [0.2, 0.25) is 11.8 Å². The lowest BCUT2D eigenvalue weighted by molar-refractivity contribution is -0.154. The maximum atomic E-state index is 14.3. The number of carbonyl (C=O) groups is 3. The van der Waals surface area contributed by atoms with Gasteiger partial charge in [0.05, 0.1) is 29.8 Å². The number of hydrogen-bond acceptors (Lipinski definition) is 6. The summed E-state index contributed by atoms with van der Waals surface area (Å²) >= 11 is 1.54. The molecule has 2 saturated heterocycles.